The Balaban J connectivity index is 1.93. The van der Waals surface area contributed by atoms with Crippen LogP contribution in [0.25, 0.3) is 0 Å². The molecule has 0 aliphatic carbocycles. The Morgan fingerprint density at radius 1 is 1.34 bits per heavy atom. The van der Waals surface area contributed by atoms with Crippen molar-refractivity contribution < 1.29 is 23.6 Å². The minimum absolute atomic E-state index is 0.102. The smallest absolute Gasteiger partial charge is 0.410 e. The number of nitro groups is 1. The molecule has 3 rings (SSSR count). The second-order valence-corrected chi connectivity index (χ2v) is 8.77. The standard InChI is InChI=1S/C21H26FN5O5/c1-13-9-26(19(28)12-24-11-18(27(30)31)23-14(24)2)17-8-16(22)7-6-15(17)10-25(13)20(29)32-21(3,4)5/h6-8,11,13H,9-10,12H2,1-5H3/t13-/m0/s1. The van der Waals surface area contributed by atoms with E-state index in [1.54, 1.807) is 34.6 Å². The third-order valence-corrected chi connectivity index (χ3v) is 5.04. The average molecular weight is 447 g/mol. The summed E-state index contributed by atoms with van der Waals surface area (Å²) in [7, 11) is 0. The summed E-state index contributed by atoms with van der Waals surface area (Å²) >= 11 is 0. The first kappa shape index (κ1) is 23.2. The summed E-state index contributed by atoms with van der Waals surface area (Å²) < 4.78 is 21.0. The molecule has 0 unspecified atom stereocenters. The predicted octanol–water partition coefficient (Wildman–Crippen LogP) is 3.41. The van der Waals surface area contributed by atoms with Crippen LogP contribution in [0, 0.1) is 22.9 Å². The lowest BCUT2D eigenvalue weighted by atomic mass is 10.1. The minimum Gasteiger partial charge on any atom is -0.444 e. The van der Waals surface area contributed by atoms with Gasteiger partial charge in [-0.05, 0) is 55.3 Å². The molecule has 0 saturated heterocycles. The van der Waals surface area contributed by atoms with Gasteiger partial charge >= 0.3 is 11.9 Å². The Bertz CT molecular complexity index is 1060. The highest BCUT2D eigenvalue weighted by molar-refractivity contribution is 5.94. The molecule has 1 aromatic carbocycles. The number of aromatic nitrogens is 2. The first-order valence-corrected chi connectivity index (χ1v) is 10.1. The molecule has 11 heteroatoms. The summed E-state index contributed by atoms with van der Waals surface area (Å²) in [5.74, 6) is -0.982. The fourth-order valence-corrected chi connectivity index (χ4v) is 3.49. The first-order valence-electron chi connectivity index (χ1n) is 10.1. The Morgan fingerprint density at radius 2 is 2.03 bits per heavy atom. The summed E-state index contributed by atoms with van der Waals surface area (Å²) in [6.07, 6.45) is 0.657. The molecular formula is C21H26FN5O5. The van der Waals surface area contributed by atoms with E-state index < -0.39 is 34.4 Å². The van der Waals surface area contributed by atoms with Crippen molar-refractivity contribution >= 4 is 23.5 Å². The molecule has 0 fully saturated rings. The fraction of sp³-hybridized carbons (Fsp3) is 0.476. The van der Waals surface area contributed by atoms with Crippen LogP contribution in [0.3, 0.4) is 0 Å². The van der Waals surface area contributed by atoms with Gasteiger partial charge in [-0.25, -0.2) is 9.18 Å². The Labute approximate surface area is 184 Å². The molecule has 172 valence electrons. The number of carbonyl (C=O) groups excluding carboxylic acids is 2. The molecular weight excluding hydrogens is 421 g/mol. The van der Waals surface area contributed by atoms with Crippen LogP contribution in [0.5, 0.6) is 0 Å². The summed E-state index contributed by atoms with van der Waals surface area (Å²) in [4.78, 5) is 43.1. The number of anilines is 1. The van der Waals surface area contributed by atoms with E-state index in [4.69, 9.17) is 4.74 Å². The van der Waals surface area contributed by atoms with Gasteiger partial charge in [0.25, 0.3) is 0 Å². The Morgan fingerprint density at radius 3 is 2.62 bits per heavy atom. The number of hydrogen-bond acceptors (Lipinski definition) is 6. The van der Waals surface area contributed by atoms with Crippen molar-refractivity contribution in [3.05, 3.63) is 51.7 Å². The summed E-state index contributed by atoms with van der Waals surface area (Å²) in [5, 5.41) is 11.0. The van der Waals surface area contributed by atoms with Crippen molar-refractivity contribution in [2.75, 3.05) is 11.4 Å². The van der Waals surface area contributed by atoms with Gasteiger partial charge in [0, 0.05) is 13.5 Å². The highest BCUT2D eigenvalue weighted by atomic mass is 19.1. The van der Waals surface area contributed by atoms with E-state index in [0.717, 1.165) is 0 Å². The largest absolute Gasteiger partial charge is 0.444 e. The molecule has 10 nitrogen and oxygen atoms in total. The molecule has 32 heavy (non-hydrogen) atoms. The number of rotatable bonds is 3. The van der Waals surface area contributed by atoms with Crippen molar-refractivity contribution in [1.82, 2.24) is 14.5 Å². The third-order valence-electron chi connectivity index (χ3n) is 5.04. The molecule has 1 atom stereocenters. The molecule has 1 aliphatic heterocycles. The van der Waals surface area contributed by atoms with Crippen LogP contribution in [0.2, 0.25) is 0 Å². The number of benzene rings is 1. The number of fused-ring (bicyclic) bond motifs is 1. The maximum atomic E-state index is 14.1. The topological polar surface area (TPSA) is 111 Å². The van der Waals surface area contributed by atoms with Gasteiger partial charge in [0.05, 0.1) is 18.3 Å². The van der Waals surface area contributed by atoms with Gasteiger partial charge in [-0.2, -0.15) is 0 Å². The normalized spacial score (nSPS) is 16.4. The molecule has 0 spiro atoms. The zero-order valence-electron chi connectivity index (χ0n) is 18.7. The van der Waals surface area contributed by atoms with Crippen molar-refractivity contribution in [3.63, 3.8) is 0 Å². The lowest BCUT2D eigenvalue weighted by molar-refractivity contribution is -0.389. The summed E-state index contributed by atoms with van der Waals surface area (Å²) in [5.41, 5.74) is 0.237. The average Bonchev–Trinajstić information content (AvgIpc) is 2.96. The maximum Gasteiger partial charge on any atom is 0.410 e. The van der Waals surface area contributed by atoms with Gasteiger partial charge in [-0.3, -0.25) is 14.3 Å². The van der Waals surface area contributed by atoms with Gasteiger partial charge in [-0.1, -0.05) is 6.07 Å². The number of aryl methyl sites for hydroxylation is 1. The second kappa shape index (κ2) is 8.56. The lowest BCUT2D eigenvalue weighted by Gasteiger charge is -2.31. The predicted molar refractivity (Wildman–Crippen MR) is 114 cm³/mol. The lowest BCUT2D eigenvalue weighted by Crippen LogP contribution is -2.46. The van der Waals surface area contributed by atoms with E-state index in [2.05, 4.69) is 4.98 Å². The van der Waals surface area contributed by atoms with Gasteiger partial charge < -0.3 is 19.8 Å². The Hall–Kier alpha value is -3.50. The molecule has 2 heterocycles. The molecule has 0 N–H and O–H groups in total. The molecule has 1 aromatic heterocycles. The summed E-state index contributed by atoms with van der Waals surface area (Å²) in [6, 6.07) is 3.63. The molecule has 0 saturated carbocycles. The number of nitrogens with zero attached hydrogens (tertiary/aromatic N) is 5. The van der Waals surface area contributed by atoms with Gasteiger partial charge in [0.15, 0.2) is 0 Å². The first-order chi connectivity index (χ1) is 14.9. The van der Waals surface area contributed by atoms with E-state index in [-0.39, 0.29) is 25.5 Å². The maximum absolute atomic E-state index is 14.1. The van der Waals surface area contributed by atoms with E-state index in [1.807, 2.05) is 0 Å². The fourth-order valence-electron chi connectivity index (χ4n) is 3.49. The Kier molecular flexibility index (Phi) is 6.20. The molecule has 2 amide bonds. The monoisotopic (exact) mass is 447 g/mol. The number of amides is 2. The number of halogens is 1. The van der Waals surface area contributed by atoms with E-state index in [9.17, 15) is 24.1 Å². The number of hydrogen-bond donors (Lipinski definition) is 0. The van der Waals surface area contributed by atoms with E-state index in [1.165, 1.54) is 38.8 Å². The third kappa shape index (κ3) is 5.04. The van der Waals surface area contributed by atoms with Crippen molar-refractivity contribution in [3.8, 4) is 0 Å². The van der Waals surface area contributed by atoms with Crippen molar-refractivity contribution in [1.29, 1.82) is 0 Å². The zero-order chi connectivity index (χ0) is 23.8. The minimum atomic E-state index is -0.697. The SMILES string of the molecule is Cc1nc([N+](=O)[O-])cn1CC(=O)N1C[C@H](C)N(C(=O)OC(C)(C)C)Cc2ccc(F)cc21. The highest BCUT2D eigenvalue weighted by Crippen LogP contribution is 2.30. The number of carbonyl (C=O) groups is 2. The molecule has 1 aliphatic rings. The van der Waals surface area contributed by atoms with Gasteiger partial charge in [0.1, 0.15) is 24.2 Å². The molecule has 2 aromatic rings. The van der Waals surface area contributed by atoms with Crippen LogP contribution in [0.4, 0.5) is 20.7 Å². The molecule has 0 radical (unpaired) electrons. The van der Waals surface area contributed by atoms with Crippen LogP contribution >= 0.6 is 0 Å². The second-order valence-electron chi connectivity index (χ2n) is 8.77. The number of ether oxygens (including phenoxy) is 1. The number of imidazole rings is 1. The van der Waals surface area contributed by atoms with Crippen molar-refractivity contribution in [2.24, 2.45) is 0 Å². The summed E-state index contributed by atoms with van der Waals surface area (Å²) in [6.45, 7) is 8.65. The van der Waals surface area contributed by atoms with E-state index in [0.29, 0.717) is 17.1 Å². The highest BCUT2D eigenvalue weighted by Gasteiger charge is 2.34. The van der Waals surface area contributed by atoms with Gasteiger partial charge in [0.2, 0.25) is 11.7 Å². The van der Waals surface area contributed by atoms with Gasteiger partial charge in [-0.15, -0.1) is 0 Å². The molecule has 0 bridgehead atoms. The van der Waals surface area contributed by atoms with Crippen LogP contribution in [0.15, 0.2) is 24.4 Å². The van der Waals surface area contributed by atoms with Crippen LogP contribution in [-0.4, -0.2) is 49.6 Å². The van der Waals surface area contributed by atoms with E-state index >= 15 is 0 Å². The van der Waals surface area contributed by atoms with Crippen molar-refractivity contribution in [2.45, 2.75) is 59.4 Å². The van der Waals surface area contributed by atoms with Crippen LogP contribution < -0.4 is 4.90 Å². The quantitative estimate of drug-likeness (QED) is 0.527. The van der Waals surface area contributed by atoms with Crippen LogP contribution in [0.1, 0.15) is 39.1 Å². The van der Waals surface area contributed by atoms with Crippen LogP contribution in [-0.2, 0) is 22.6 Å². The zero-order valence-corrected chi connectivity index (χ0v) is 18.7.